The lowest BCUT2D eigenvalue weighted by atomic mass is 9.93. The van der Waals surface area contributed by atoms with E-state index in [4.69, 9.17) is 9.47 Å². The van der Waals surface area contributed by atoms with Crippen molar-refractivity contribution < 1.29 is 38.1 Å². The lowest BCUT2D eigenvalue weighted by Crippen LogP contribution is -2.29. The number of rotatable bonds is 6. The molecule has 2 atom stereocenters. The Morgan fingerprint density at radius 3 is 1.42 bits per heavy atom. The van der Waals surface area contributed by atoms with Crippen LogP contribution in [0.25, 0.3) is 43.8 Å². The third-order valence-corrected chi connectivity index (χ3v) is 13.9. The van der Waals surface area contributed by atoms with Crippen molar-refractivity contribution in [1.29, 1.82) is 0 Å². The molecule has 18 nitrogen and oxygen atoms in total. The molecule has 4 N–H and O–H groups in total. The number of amides is 2. The molecule has 10 heterocycles. The quantitative estimate of drug-likeness (QED) is 0.132. The first kappa shape index (κ1) is 46.3. The number of pyridine rings is 4. The summed E-state index contributed by atoms with van der Waals surface area (Å²) in [6, 6.07) is 13.9. The molecule has 0 saturated carbocycles. The molecule has 4 aliphatic rings. The fraction of sp³-hybridized carbons (Fsp3) is 0.308. The summed E-state index contributed by atoms with van der Waals surface area (Å²) in [5.74, 6) is 2.36. The molecule has 12 rings (SSSR count). The van der Waals surface area contributed by atoms with Crippen molar-refractivity contribution in [3.05, 3.63) is 119 Å². The number of likely N-dealkylation sites (N-methyl/N-ethyl adjacent to an activating group) is 2. The Hall–Kier alpha value is -8.10. The summed E-state index contributed by atoms with van der Waals surface area (Å²) in [7, 11) is 3.59. The Bertz CT molecular complexity index is 3260. The molecule has 2 aromatic carbocycles. The first-order chi connectivity index (χ1) is 34.7. The Balaban J connectivity index is 0.000000156. The summed E-state index contributed by atoms with van der Waals surface area (Å²) >= 11 is 0. The summed E-state index contributed by atoms with van der Waals surface area (Å²) in [6.07, 6.45) is 7.42. The van der Waals surface area contributed by atoms with E-state index < -0.39 is 23.8 Å². The van der Waals surface area contributed by atoms with Gasteiger partial charge in [0.25, 0.3) is 0 Å². The number of aliphatic hydroxyl groups excluding tert-OH is 2. The first-order valence-corrected chi connectivity index (χ1v) is 23.7. The maximum Gasteiger partial charge on any atom is 0.244 e. The molecule has 0 saturated heterocycles. The van der Waals surface area contributed by atoms with Crippen molar-refractivity contribution in [3.8, 4) is 34.0 Å². The number of hydrogen-bond acceptors (Lipinski definition) is 14. The topological polar surface area (TPSA) is 211 Å². The van der Waals surface area contributed by atoms with Gasteiger partial charge in [-0.2, -0.15) is 10.2 Å². The van der Waals surface area contributed by atoms with Crippen LogP contribution in [0.1, 0.15) is 58.7 Å². The fourth-order valence-electron chi connectivity index (χ4n) is 9.74. The number of carbonyl (C=O) groups is 2. The summed E-state index contributed by atoms with van der Waals surface area (Å²) < 4.78 is 44.9. The Kier molecular flexibility index (Phi) is 11.9. The van der Waals surface area contributed by atoms with Crippen LogP contribution < -0.4 is 20.1 Å². The Labute approximate surface area is 411 Å². The average molecular weight is 977 g/mol. The van der Waals surface area contributed by atoms with Crippen molar-refractivity contribution in [1.82, 2.24) is 49.3 Å². The van der Waals surface area contributed by atoms with E-state index in [-0.39, 0.29) is 24.9 Å². The van der Waals surface area contributed by atoms with Gasteiger partial charge in [0.15, 0.2) is 11.6 Å². The van der Waals surface area contributed by atoms with E-state index in [0.29, 0.717) is 118 Å². The van der Waals surface area contributed by atoms with E-state index in [1.807, 2.05) is 38.1 Å². The second kappa shape index (κ2) is 18.6. The largest absolute Gasteiger partial charge is 0.477 e. The highest BCUT2D eigenvalue weighted by molar-refractivity contribution is 5.91. The number of aliphatic hydroxyl groups is 2. The molecule has 0 fully saturated rings. The van der Waals surface area contributed by atoms with E-state index in [0.717, 1.165) is 46.1 Å². The zero-order valence-corrected chi connectivity index (χ0v) is 39.9. The van der Waals surface area contributed by atoms with Crippen LogP contribution in [0.4, 0.5) is 32.1 Å². The molecule has 368 valence electrons. The highest BCUT2D eigenvalue weighted by Crippen LogP contribution is 2.41. The van der Waals surface area contributed by atoms with E-state index >= 15 is 8.78 Å². The van der Waals surface area contributed by atoms with Gasteiger partial charge in [0.1, 0.15) is 36.4 Å². The molecule has 0 spiro atoms. The number of ether oxygens (including phenoxy) is 2. The number of halogens is 2. The Morgan fingerprint density at radius 1 is 0.556 bits per heavy atom. The summed E-state index contributed by atoms with van der Waals surface area (Å²) in [5, 5.41) is 39.3. The number of benzene rings is 2. The summed E-state index contributed by atoms with van der Waals surface area (Å²) in [4.78, 5) is 45.3. The highest BCUT2D eigenvalue weighted by Gasteiger charge is 2.28. The van der Waals surface area contributed by atoms with Crippen LogP contribution in [0, 0.1) is 25.5 Å². The van der Waals surface area contributed by atoms with Gasteiger partial charge in [-0.3, -0.25) is 19.0 Å². The van der Waals surface area contributed by atoms with Gasteiger partial charge in [0.2, 0.25) is 23.6 Å². The van der Waals surface area contributed by atoms with Crippen LogP contribution in [0.5, 0.6) is 11.8 Å². The molecule has 72 heavy (non-hydrogen) atoms. The van der Waals surface area contributed by atoms with Gasteiger partial charge in [0.05, 0.1) is 25.4 Å². The SMILES string of the molecule is Cc1c(-c2cc3cc(Nc4cc5n(n4)CC(=O)N(C)CC5)ncc3cc2F)cnc2c1[C@@H](O)CCO2.Cc1c(-c2cc3cc(Nc4cc5n(n4)CC(=O)N(C)CC5)ncc3cc2F)cnc2c1[C@H](O)CCO2. The lowest BCUT2D eigenvalue weighted by molar-refractivity contribution is -0.131. The molecule has 20 heteroatoms. The van der Waals surface area contributed by atoms with Crippen LogP contribution in [-0.2, 0) is 35.5 Å². The van der Waals surface area contributed by atoms with E-state index in [1.54, 1.807) is 70.2 Å². The van der Waals surface area contributed by atoms with Gasteiger partial charge in [0, 0.05) is 145 Å². The van der Waals surface area contributed by atoms with E-state index in [1.165, 1.54) is 12.1 Å². The van der Waals surface area contributed by atoms with Crippen LogP contribution >= 0.6 is 0 Å². The minimum absolute atomic E-state index is 0.0211. The number of nitrogens with one attached hydrogen (secondary N) is 2. The molecular weight excluding hydrogens is 927 g/mol. The summed E-state index contributed by atoms with van der Waals surface area (Å²) in [5.41, 5.74) is 6.66. The van der Waals surface area contributed by atoms with Crippen molar-refractivity contribution >= 4 is 56.6 Å². The standard InChI is InChI=1S/2C26H25FN6O3/c2*1-14-19(12-29-26-25(14)21(34)4-6-36-26)18-7-15-9-22(28-11-16(15)8-20(18)27)30-23-10-17-3-5-32(2)24(35)13-33(17)31-23/h2*7-12,21,34H,3-6,13H2,1-2H3,(H,28,30,31)/t2*21-/m10/s1. The monoisotopic (exact) mass is 976 g/mol. The number of hydrogen-bond donors (Lipinski definition) is 4. The van der Waals surface area contributed by atoms with Crippen molar-refractivity contribution in [2.24, 2.45) is 0 Å². The van der Waals surface area contributed by atoms with Crippen LogP contribution in [-0.4, -0.2) is 112 Å². The molecule has 8 aromatic rings. The van der Waals surface area contributed by atoms with Gasteiger partial charge < -0.3 is 40.1 Å². The fourth-order valence-corrected chi connectivity index (χ4v) is 9.74. The van der Waals surface area contributed by atoms with Crippen molar-refractivity contribution in [2.75, 3.05) is 51.0 Å². The second-order valence-corrected chi connectivity index (χ2v) is 18.6. The van der Waals surface area contributed by atoms with Gasteiger partial charge in [-0.25, -0.2) is 28.7 Å². The van der Waals surface area contributed by atoms with Crippen molar-refractivity contribution in [3.63, 3.8) is 0 Å². The third-order valence-electron chi connectivity index (χ3n) is 13.9. The number of nitrogens with zero attached hydrogens (tertiary/aromatic N) is 10. The van der Waals surface area contributed by atoms with Crippen LogP contribution in [0.3, 0.4) is 0 Å². The molecule has 4 aliphatic heterocycles. The average Bonchev–Trinajstić information content (AvgIpc) is 3.85. The minimum atomic E-state index is -0.689. The van der Waals surface area contributed by atoms with Crippen molar-refractivity contribution in [2.45, 2.75) is 64.8 Å². The van der Waals surface area contributed by atoms with Gasteiger partial charge >= 0.3 is 0 Å². The smallest absolute Gasteiger partial charge is 0.244 e. The molecular formula is C52H50F2N12O6. The van der Waals surface area contributed by atoms with E-state index in [9.17, 15) is 19.8 Å². The Morgan fingerprint density at radius 2 is 0.986 bits per heavy atom. The zero-order valence-electron chi connectivity index (χ0n) is 39.9. The molecule has 0 unspecified atom stereocenters. The van der Waals surface area contributed by atoms with Crippen LogP contribution in [0.2, 0.25) is 0 Å². The number of aromatic nitrogens is 8. The number of anilines is 4. The third kappa shape index (κ3) is 8.76. The predicted octanol–water partition coefficient (Wildman–Crippen LogP) is 7.03. The van der Waals surface area contributed by atoms with Gasteiger partial charge in [-0.05, 0) is 72.1 Å². The van der Waals surface area contributed by atoms with Crippen LogP contribution in [0.15, 0.2) is 73.3 Å². The molecule has 0 radical (unpaired) electrons. The maximum absolute atomic E-state index is 15.2. The number of fused-ring (bicyclic) bond motifs is 6. The van der Waals surface area contributed by atoms with Gasteiger partial charge in [-0.15, -0.1) is 0 Å². The summed E-state index contributed by atoms with van der Waals surface area (Å²) in [6.45, 7) is 6.20. The number of carbonyl (C=O) groups excluding carboxylic acids is 2. The normalized spacial score (nSPS) is 17.4. The maximum atomic E-state index is 15.2. The van der Waals surface area contributed by atoms with E-state index in [2.05, 4.69) is 40.8 Å². The van der Waals surface area contributed by atoms with Gasteiger partial charge in [-0.1, -0.05) is 0 Å². The zero-order chi connectivity index (χ0) is 49.9. The molecule has 0 bridgehead atoms. The highest BCUT2D eigenvalue weighted by atomic mass is 19.1. The molecule has 0 aliphatic carbocycles. The first-order valence-electron chi connectivity index (χ1n) is 23.7. The molecule has 2 amide bonds. The predicted molar refractivity (Wildman–Crippen MR) is 263 cm³/mol. The molecule has 6 aromatic heterocycles. The second-order valence-electron chi connectivity index (χ2n) is 18.6. The lowest BCUT2D eigenvalue weighted by Gasteiger charge is -2.24. The minimum Gasteiger partial charge on any atom is -0.477 e.